The second-order valence-corrected chi connectivity index (χ2v) is 4.08. The smallest absolute Gasteiger partial charge is 0.307 e. The first-order chi connectivity index (χ1) is 6.72. The molecule has 1 fully saturated rings. The van der Waals surface area contributed by atoms with E-state index in [1.807, 2.05) is 0 Å². The van der Waals surface area contributed by atoms with Crippen molar-refractivity contribution >= 4 is 5.97 Å². The number of hydrogen-bond donors (Lipinski definition) is 0. The molecule has 0 aromatic carbocycles. The van der Waals surface area contributed by atoms with Crippen molar-refractivity contribution in [1.82, 2.24) is 0 Å². The predicted molar refractivity (Wildman–Crippen MR) is 54.0 cm³/mol. The van der Waals surface area contributed by atoms with E-state index in [-0.39, 0.29) is 5.97 Å². The van der Waals surface area contributed by atoms with Crippen LogP contribution in [0.3, 0.4) is 0 Å². The van der Waals surface area contributed by atoms with Crippen molar-refractivity contribution in [2.24, 2.45) is 5.92 Å². The second-order valence-electron chi connectivity index (χ2n) is 4.08. The van der Waals surface area contributed by atoms with Crippen LogP contribution in [0, 0.1) is 5.92 Å². The van der Waals surface area contributed by atoms with Gasteiger partial charge < -0.3 is 9.47 Å². The number of rotatable bonds is 4. The van der Waals surface area contributed by atoms with E-state index in [0.29, 0.717) is 19.1 Å². The van der Waals surface area contributed by atoms with Gasteiger partial charge in [-0.2, -0.15) is 0 Å². The molecule has 82 valence electrons. The Labute approximate surface area is 85.8 Å². The van der Waals surface area contributed by atoms with Crippen molar-refractivity contribution in [3.63, 3.8) is 0 Å². The minimum atomic E-state index is -0.186. The van der Waals surface area contributed by atoms with Crippen LogP contribution in [0.15, 0.2) is 0 Å². The highest BCUT2D eigenvalue weighted by Gasteiger charge is 2.18. The lowest BCUT2D eigenvalue weighted by molar-refractivity contribution is -0.142. The van der Waals surface area contributed by atoms with Crippen molar-refractivity contribution in [2.45, 2.75) is 45.1 Å². The summed E-state index contributed by atoms with van der Waals surface area (Å²) in [6.45, 7) is 2.79. The summed E-state index contributed by atoms with van der Waals surface area (Å²) in [6.07, 6.45) is 5.54. The molecule has 0 aliphatic heterocycles. The Balaban J connectivity index is 2.04. The van der Waals surface area contributed by atoms with Crippen LogP contribution in [0.1, 0.15) is 39.0 Å². The molecule has 0 aromatic heterocycles. The van der Waals surface area contributed by atoms with Crippen LogP contribution in [0.25, 0.3) is 0 Å². The number of esters is 1. The van der Waals surface area contributed by atoms with Gasteiger partial charge in [-0.25, -0.2) is 0 Å². The van der Waals surface area contributed by atoms with E-state index in [1.165, 1.54) is 20.0 Å². The third-order valence-corrected chi connectivity index (χ3v) is 2.85. The zero-order chi connectivity index (χ0) is 10.4. The Bertz CT molecular complexity index is 171. The van der Waals surface area contributed by atoms with Gasteiger partial charge in [0.2, 0.25) is 0 Å². The van der Waals surface area contributed by atoms with E-state index in [0.717, 1.165) is 18.8 Å². The van der Waals surface area contributed by atoms with Crippen LogP contribution >= 0.6 is 0 Å². The van der Waals surface area contributed by atoms with Crippen LogP contribution in [-0.4, -0.2) is 25.8 Å². The summed E-state index contributed by atoms with van der Waals surface area (Å²) in [5.41, 5.74) is 0. The van der Waals surface area contributed by atoms with Crippen molar-refractivity contribution in [3.8, 4) is 0 Å². The van der Waals surface area contributed by atoms with Crippen molar-refractivity contribution in [1.29, 1.82) is 0 Å². The molecule has 3 nitrogen and oxygen atoms in total. The molecule has 0 heterocycles. The molecular formula is C11H20O3. The second kappa shape index (κ2) is 6.02. The van der Waals surface area contributed by atoms with Gasteiger partial charge in [0.1, 0.15) is 0 Å². The summed E-state index contributed by atoms with van der Waals surface area (Å²) < 4.78 is 10.1. The zero-order valence-electron chi connectivity index (χ0n) is 9.12. The summed E-state index contributed by atoms with van der Waals surface area (Å²) in [5.74, 6) is 0.657. The van der Waals surface area contributed by atoms with Crippen LogP contribution in [0.4, 0.5) is 0 Å². The lowest BCUT2D eigenvalue weighted by Crippen LogP contribution is -2.21. The molecule has 1 aliphatic rings. The molecular weight excluding hydrogens is 180 g/mol. The van der Waals surface area contributed by atoms with E-state index in [2.05, 4.69) is 11.7 Å². The molecule has 0 bridgehead atoms. The van der Waals surface area contributed by atoms with Gasteiger partial charge in [-0.3, -0.25) is 4.79 Å². The maximum absolute atomic E-state index is 10.8. The van der Waals surface area contributed by atoms with Gasteiger partial charge >= 0.3 is 5.97 Å². The Morgan fingerprint density at radius 3 is 2.50 bits per heavy atom. The fourth-order valence-electron chi connectivity index (χ4n) is 1.81. The molecule has 0 N–H and O–H groups in total. The maximum Gasteiger partial charge on any atom is 0.307 e. The number of hydrogen-bond acceptors (Lipinski definition) is 3. The average Bonchev–Trinajstić information content (AvgIpc) is 2.21. The SMILES string of the molecule is COC(=O)CCOC1CCC(C)CC1. The van der Waals surface area contributed by atoms with Gasteiger partial charge in [0.15, 0.2) is 0 Å². The highest BCUT2D eigenvalue weighted by Crippen LogP contribution is 2.25. The van der Waals surface area contributed by atoms with Crippen molar-refractivity contribution in [3.05, 3.63) is 0 Å². The van der Waals surface area contributed by atoms with Crippen LogP contribution in [-0.2, 0) is 14.3 Å². The molecule has 0 atom stereocenters. The number of carbonyl (C=O) groups is 1. The molecule has 0 amide bonds. The molecule has 0 saturated heterocycles. The van der Waals surface area contributed by atoms with Crippen LogP contribution in [0.2, 0.25) is 0 Å². The summed E-state index contributed by atoms with van der Waals surface area (Å²) in [5, 5.41) is 0. The first-order valence-corrected chi connectivity index (χ1v) is 5.40. The fourth-order valence-corrected chi connectivity index (χ4v) is 1.81. The topological polar surface area (TPSA) is 35.5 Å². The minimum Gasteiger partial charge on any atom is -0.469 e. The third kappa shape index (κ3) is 4.09. The lowest BCUT2D eigenvalue weighted by Gasteiger charge is -2.26. The highest BCUT2D eigenvalue weighted by molar-refractivity contribution is 5.69. The standard InChI is InChI=1S/C11H20O3/c1-9-3-5-10(6-4-9)14-8-7-11(12)13-2/h9-10H,3-8H2,1-2H3. The van der Waals surface area contributed by atoms with Crippen molar-refractivity contribution in [2.75, 3.05) is 13.7 Å². The molecule has 0 radical (unpaired) electrons. The van der Waals surface area contributed by atoms with Crippen molar-refractivity contribution < 1.29 is 14.3 Å². The highest BCUT2D eigenvalue weighted by atomic mass is 16.5. The largest absolute Gasteiger partial charge is 0.469 e. The van der Waals surface area contributed by atoms with Crippen LogP contribution in [0.5, 0.6) is 0 Å². The van der Waals surface area contributed by atoms with Gasteiger partial charge in [0.05, 0.1) is 26.2 Å². The summed E-state index contributed by atoms with van der Waals surface area (Å²) in [4.78, 5) is 10.8. The Hall–Kier alpha value is -0.570. The van der Waals surface area contributed by atoms with Gasteiger partial charge in [0.25, 0.3) is 0 Å². The molecule has 3 heteroatoms. The molecule has 1 aliphatic carbocycles. The summed E-state index contributed by atoms with van der Waals surface area (Å²) in [7, 11) is 1.41. The average molecular weight is 200 g/mol. The Kier molecular flexibility index (Phi) is 4.94. The van der Waals surface area contributed by atoms with Gasteiger partial charge in [-0.05, 0) is 31.6 Å². The first-order valence-electron chi connectivity index (χ1n) is 5.40. The zero-order valence-corrected chi connectivity index (χ0v) is 9.12. The maximum atomic E-state index is 10.8. The van der Waals surface area contributed by atoms with E-state index in [1.54, 1.807) is 0 Å². The normalized spacial score (nSPS) is 27.3. The number of carbonyl (C=O) groups excluding carboxylic acids is 1. The Morgan fingerprint density at radius 2 is 1.93 bits per heavy atom. The van der Waals surface area contributed by atoms with E-state index < -0.39 is 0 Å². The number of methoxy groups -OCH3 is 1. The van der Waals surface area contributed by atoms with Gasteiger partial charge in [0, 0.05) is 0 Å². The Morgan fingerprint density at radius 1 is 1.29 bits per heavy atom. The molecule has 1 rings (SSSR count). The minimum absolute atomic E-state index is 0.186. The molecule has 0 spiro atoms. The van der Waals surface area contributed by atoms with E-state index in [9.17, 15) is 4.79 Å². The monoisotopic (exact) mass is 200 g/mol. The van der Waals surface area contributed by atoms with Gasteiger partial charge in [-0.1, -0.05) is 6.92 Å². The summed E-state index contributed by atoms with van der Waals surface area (Å²) in [6, 6.07) is 0. The molecule has 14 heavy (non-hydrogen) atoms. The van der Waals surface area contributed by atoms with E-state index in [4.69, 9.17) is 4.74 Å². The fraction of sp³-hybridized carbons (Fsp3) is 0.909. The molecule has 1 saturated carbocycles. The van der Waals surface area contributed by atoms with E-state index >= 15 is 0 Å². The lowest BCUT2D eigenvalue weighted by atomic mass is 9.89. The first kappa shape index (κ1) is 11.5. The third-order valence-electron chi connectivity index (χ3n) is 2.85. The molecule has 0 unspecified atom stereocenters. The quantitative estimate of drug-likeness (QED) is 0.652. The number of ether oxygens (including phenoxy) is 2. The molecule has 0 aromatic rings. The predicted octanol–water partition coefficient (Wildman–Crippen LogP) is 2.14. The summed E-state index contributed by atoms with van der Waals surface area (Å²) >= 11 is 0. The van der Waals surface area contributed by atoms with Crippen LogP contribution < -0.4 is 0 Å². The van der Waals surface area contributed by atoms with Gasteiger partial charge in [-0.15, -0.1) is 0 Å².